The lowest BCUT2D eigenvalue weighted by atomic mass is 10.2. The molecule has 0 spiro atoms. The lowest BCUT2D eigenvalue weighted by molar-refractivity contribution is 0.317. The molecule has 4 nitrogen and oxygen atoms in total. The molecule has 1 aromatic carbocycles. The van der Waals surface area contributed by atoms with E-state index in [0.29, 0.717) is 0 Å². The van der Waals surface area contributed by atoms with Crippen LogP contribution in [-0.2, 0) is 0 Å². The fraction of sp³-hybridized carbons (Fsp3) is 0.538. The van der Waals surface area contributed by atoms with Crippen molar-refractivity contribution in [2.24, 2.45) is 0 Å². The van der Waals surface area contributed by atoms with Gasteiger partial charge in [0.1, 0.15) is 5.75 Å². The van der Waals surface area contributed by atoms with Gasteiger partial charge in [0.2, 0.25) is 0 Å². The molecule has 1 aliphatic heterocycles. The van der Waals surface area contributed by atoms with Gasteiger partial charge >= 0.3 is 0 Å². The summed E-state index contributed by atoms with van der Waals surface area (Å²) in [5, 5.41) is 3.34. The Morgan fingerprint density at radius 2 is 2.06 bits per heavy atom. The minimum absolute atomic E-state index is 0.741. The van der Waals surface area contributed by atoms with Gasteiger partial charge < -0.3 is 20.7 Å². The highest BCUT2D eigenvalue weighted by Crippen LogP contribution is 2.26. The molecule has 0 atom stereocenters. The Hall–Kier alpha value is -1.42. The number of rotatable bonds is 4. The maximum atomic E-state index is 5.92. The maximum absolute atomic E-state index is 5.92. The van der Waals surface area contributed by atoms with Crippen molar-refractivity contribution < 1.29 is 4.74 Å². The van der Waals surface area contributed by atoms with Gasteiger partial charge in [0.05, 0.1) is 6.61 Å². The number of nitrogen functional groups attached to an aromatic ring is 1. The van der Waals surface area contributed by atoms with Crippen molar-refractivity contribution >= 4 is 11.4 Å². The second-order valence-corrected chi connectivity index (χ2v) is 4.35. The molecule has 0 amide bonds. The number of nitrogens with one attached hydrogen (secondary N) is 1. The second-order valence-electron chi connectivity index (χ2n) is 4.35. The van der Waals surface area contributed by atoms with E-state index in [1.807, 2.05) is 12.1 Å². The zero-order valence-corrected chi connectivity index (χ0v) is 10.4. The molecule has 0 saturated carbocycles. The molecular formula is C13H21N3O. The van der Waals surface area contributed by atoms with Crippen LogP contribution < -0.4 is 20.7 Å². The third kappa shape index (κ3) is 3.27. The van der Waals surface area contributed by atoms with Crippen LogP contribution in [0.25, 0.3) is 0 Å². The van der Waals surface area contributed by atoms with Gasteiger partial charge in [-0.3, -0.25) is 0 Å². The number of ether oxygens (including phenoxy) is 1. The van der Waals surface area contributed by atoms with E-state index in [-0.39, 0.29) is 0 Å². The Morgan fingerprint density at radius 1 is 1.29 bits per heavy atom. The first-order chi connectivity index (χ1) is 8.29. The predicted molar refractivity (Wildman–Crippen MR) is 71.7 cm³/mol. The molecule has 4 heteroatoms. The minimum atomic E-state index is 0.741. The highest BCUT2D eigenvalue weighted by Gasteiger charge is 2.11. The van der Waals surface area contributed by atoms with Crippen molar-refractivity contribution in [2.75, 3.05) is 43.4 Å². The molecule has 3 N–H and O–H groups in total. The molecule has 0 aliphatic carbocycles. The summed E-state index contributed by atoms with van der Waals surface area (Å²) in [6.45, 7) is 6.95. The number of nitrogens with two attached hydrogens (primary N) is 1. The van der Waals surface area contributed by atoms with Gasteiger partial charge in [0, 0.05) is 49.7 Å². The molecule has 1 heterocycles. The molecule has 0 unspecified atom stereocenters. The van der Waals surface area contributed by atoms with E-state index in [9.17, 15) is 0 Å². The average Bonchev–Trinajstić information content (AvgIpc) is 2.37. The molecule has 94 valence electrons. The quantitative estimate of drug-likeness (QED) is 0.776. The molecule has 1 fully saturated rings. The molecule has 0 bridgehead atoms. The van der Waals surface area contributed by atoms with E-state index in [2.05, 4.69) is 23.2 Å². The van der Waals surface area contributed by atoms with Gasteiger partial charge in [-0.25, -0.2) is 0 Å². The van der Waals surface area contributed by atoms with Gasteiger partial charge in [-0.1, -0.05) is 6.92 Å². The topological polar surface area (TPSA) is 50.5 Å². The van der Waals surface area contributed by atoms with Crippen LogP contribution in [0.5, 0.6) is 5.75 Å². The SMILES string of the molecule is CCCOc1cc(N)cc(N2CCNCC2)c1. The Balaban J connectivity index is 2.12. The Bertz CT molecular complexity index is 362. The highest BCUT2D eigenvalue weighted by molar-refractivity contribution is 5.60. The normalized spacial score (nSPS) is 15.9. The molecule has 0 aromatic heterocycles. The Morgan fingerprint density at radius 3 is 2.76 bits per heavy atom. The van der Waals surface area contributed by atoms with Crippen LogP contribution in [0, 0.1) is 0 Å². The van der Waals surface area contributed by atoms with Crippen LogP contribution in [0.2, 0.25) is 0 Å². The molecule has 1 aromatic rings. The van der Waals surface area contributed by atoms with Crippen molar-refractivity contribution in [3.63, 3.8) is 0 Å². The number of piperazine rings is 1. The molecular weight excluding hydrogens is 214 g/mol. The summed E-state index contributed by atoms with van der Waals surface area (Å²) < 4.78 is 5.65. The lowest BCUT2D eigenvalue weighted by Gasteiger charge is -2.29. The lowest BCUT2D eigenvalue weighted by Crippen LogP contribution is -2.43. The summed E-state index contributed by atoms with van der Waals surface area (Å²) in [6, 6.07) is 5.99. The summed E-state index contributed by atoms with van der Waals surface area (Å²) in [5.41, 5.74) is 7.85. The first kappa shape index (κ1) is 12.0. The monoisotopic (exact) mass is 235 g/mol. The Kier molecular flexibility index (Phi) is 4.09. The summed E-state index contributed by atoms with van der Waals surface area (Å²) in [5.74, 6) is 0.875. The number of anilines is 2. The van der Waals surface area contributed by atoms with Gasteiger partial charge in [0.25, 0.3) is 0 Å². The first-order valence-electron chi connectivity index (χ1n) is 6.28. The van der Waals surface area contributed by atoms with Crippen LogP contribution in [-0.4, -0.2) is 32.8 Å². The van der Waals surface area contributed by atoms with Crippen molar-refractivity contribution in [2.45, 2.75) is 13.3 Å². The predicted octanol–water partition coefficient (Wildman–Crippen LogP) is 1.47. The fourth-order valence-corrected chi connectivity index (χ4v) is 2.01. The van der Waals surface area contributed by atoms with Crippen molar-refractivity contribution in [1.29, 1.82) is 0 Å². The third-order valence-corrected chi connectivity index (χ3v) is 2.87. The van der Waals surface area contributed by atoms with Crippen LogP contribution in [0.3, 0.4) is 0 Å². The largest absolute Gasteiger partial charge is 0.493 e. The number of nitrogens with zero attached hydrogens (tertiary/aromatic N) is 1. The summed E-state index contributed by atoms with van der Waals surface area (Å²) >= 11 is 0. The van der Waals surface area contributed by atoms with Crippen molar-refractivity contribution in [3.05, 3.63) is 18.2 Å². The van der Waals surface area contributed by atoms with E-state index in [1.54, 1.807) is 0 Å². The number of hydrogen-bond acceptors (Lipinski definition) is 4. The molecule has 1 aliphatic rings. The van der Waals surface area contributed by atoms with Gasteiger partial charge in [-0.15, -0.1) is 0 Å². The molecule has 0 radical (unpaired) electrons. The van der Waals surface area contributed by atoms with E-state index in [0.717, 1.165) is 56.3 Å². The van der Waals surface area contributed by atoms with Gasteiger partial charge in [0.15, 0.2) is 0 Å². The van der Waals surface area contributed by atoms with Crippen LogP contribution in [0.4, 0.5) is 11.4 Å². The number of benzene rings is 1. The number of hydrogen-bond donors (Lipinski definition) is 2. The maximum Gasteiger partial charge on any atom is 0.123 e. The third-order valence-electron chi connectivity index (χ3n) is 2.87. The molecule has 1 saturated heterocycles. The average molecular weight is 235 g/mol. The summed E-state index contributed by atoms with van der Waals surface area (Å²) in [7, 11) is 0. The smallest absolute Gasteiger partial charge is 0.123 e. The first-order valence-corrected chi connectivity index (χ1v) is 6.28. The van der Waals surface area contributed by atoms with E-state index in [1.165, 1.54) is 0 Å². The van der Waals surface area contributed by atoms with Crippen molar-refractivity contribution in [1.82, 2.24) is 5.32 Å². The van der Waals surface area contributed by atoms with Gasteiger partial charge in [-0.2, -0.15) is 0 Å². The van der Waals surface area contributed by atoms with E-state index < -0.39 is 0 Å². The van der Waals surface area contributed by atoms with Crippen LogP contribution in [0.15, 0.2) is 18.2 Å². The van der Waals surface area contributed by atoms with Crippen LogP contribution in [0.1, 0.15) is 13.3 Å². The zero-order valence-electron chi connectivity index (χ0n) is 10.4. The second kappa shape index (κ2) is 5.77. The summed E-state index contributed by atoms with van der Waals surface area (Å²) in [6.07, 6.45) is 1.01. The minimum Gasteiger partial charge on any atom is -0.493 e. The summed E-state index contributed by atoms with van der Waals surface area (Å²) in [4.78, 5) is 2.34. The van der Waals surface area contributed by atoms with Crippen LogP contribution >= 0.6 is 0 Å². The molecule has 17 heavy (non-hydrogen) atoms. The van der Waals surface area contributed by atoms with E-state index >= 15 is 0 Å². The van der Waals surface area contributed by atoms with Crippen molar-refractivity contribution in [3.8, 4) is 5.75 Å². The highest BCUT2D eigenvalue weighted by atomic mass is 16.5. The zero-order chi connectivity index (χ0) is 12.1. The fourth-order valence-electron chi connectivity index (χ4n) is 2.01. The molecule has 2 rings (SSSR count). The van der Waals surface area contributed by atoms with Gasteiger partial charge in [-0.05, 0) is 12.5 Å². The van der Waals surface area contributed by atoms with E-state index in [4.69, 9.17) is 10.5 Å². The standard InChI is InChI=1S/C13H21N3O/c1-2-7-17-13-9-11(14)8-12(10-13)16-5-3-15-4-6-16/h8-10,15H,2-7,14H2,1H3. The Labute approximate surface area is 103 Å².